The van der Waals surface area contributed by atoms with Crippen LogP contribution in [0.15, 0.2) is 18.2 Å². The second kappa shape index (κ2) is 3.59. The third-order valence-corrected chi connectivity index (χ3v) is 2.06. The van der Waals surface area contributed by atoms with Gasteiger partial charge in [0.05, 0.1) is 5.56 Å². The molecule has 0 aliphatic heterocycles. The van der Waals surface area contributed by atoms with Gasteiger partial charge in [-0.15, -0.1) is 0 Å². The number of rotatable bonds is 2. The SMILES string of the molecule is CCc1c(Cl)cccc1C(=O)O. The molecule has 0 saturated heterocycles. The van der Waals surface area contributed by atoms with Crippen molar-refractivity contribution < 1.29 is 9.90 Å². The van der Waals surface area contributed by atoms with Crippen LogP contribution in [0.2, 0.25) is 5.02 Å². The van der Waals surface area contributed by atoms with Gasteiger partial charge in [-0.25, -0.2) is 4.79 Å². The Balaban J connectivity index is 3.27. The largest absolute Gasteiger partial charge is 0.478 e. The summed E-state index contributed by atoms with van der Waals surface area (Å²) < 4.78 is 0. The third kappa shape index (κ3) is 1.59. The fourth-order valence-corrected chi connectivity index (χ4v) is 1.43. The molecule has 0 bridgehead atoms. The van der Waals surface area contributed by atoms with Gasteiger partial charge in [0.1, 0.15) is 0 Å². The van der Waals surface area contributed by atoms with Gasteiger partial charge in [0.2, 0.25) is 0 Å². The van der Waals surface area contributed by atoms with Gasteiger partial charge in [-0.3, -0.25) is 0 Å². The number of aromatic carboxylic acids is 1. The predicted molar refractivity (Wildman–Crippen MR) is 47.8 cm³/mol. The lowest BCUT2D eigenvalue weighted by atomic mass is 10.1. The summed E-state index contributed by atoms with van der Waals surface area (Å²) >= 11 is 5.81. The smallest absolute Gasteiger partial charge is 0.336 e. The minimum absolute atomic E-state index is 0.296. The number of halogens is 1. The number of benzene rings is 1. The normalized spacial score (nSPS) is 9.83. The highest BCUT2D eigenvalue weighted by Crippen LogP contribution is 2.20. The number of carboxylic acids is 1. The van der Waals surface area contributed by atoms with Crippen molar-refractivity contribution >= 4 is 17.6 Å². The fourth-order valence-electron chi connectivity index (χ4n) is 1.12. The number of hydrogen-bond donors (Lipinski definition) is 1. The Kier molecular flexibility index (Phi) is 2.71. The highest BCUT2D eigenvalue weighted by Gasteiger charge is 2.10. The molecule has 1 aromatic rings. The van der Waals surface area contributed by atoms with E-state index in [-0.39, 0.29) is 0 Å². The molecule has 64 valence electrons. The molecule has 0 aromatic heterocycles. The monoisotopic (exact) mass is 184 g/mol. The van der Waals surface area contributed by atoms with E-state index in [9.17, 15) is 4.79 Å². The molecule has 0 unspecified atom stereocenters. The van der Waals surface area contributed by atoms with Crippen molar-refractivity contribution in [2.45, 2.75) is 13.3 Å². The molecule has 1 N–H and O–H groups in total. The highest BCUT2D eigenvalue weighted by atomic mass is 35.5. The number of carbonyl (C=O) groups is 1. The van der Waals surface area contributed by atoms with Crippen molar-refractivity contribution in [3.63, 3.8) is 0 Å². The van der Waals surface area contributed by atoms with Gasteiger partial charge in [0, 0.05) is 5.02 Å². The van der Waals surface area contributed by atoms with E-state index in [1.807, 2.05) is 6.92 Å². The minimum Gasteiger partial charge on any atom is -0.478 e. The first-order chi connectivity index (χ1) is 5.66. The maximum Gasteiger partial charge on any atom is 0.336 e. The quantitative estimate of drug-likeness (QED) is 0.767. The van der Waals surface area contributed by atoms with E-state index in [0.717, 1.165) is 0 Å². The molecule has 2 nitrogen and oxygen atoms in total. The molecule has 1 rings (SSSR count). The van der Waals surface area contributed by atoms with Crippen molar-refractivity contribution in [1.29, 1.82) is 0 Å². The number of carboxylic acid groups (broad SMARTS) is 1. The molecule has 0 saturated carbocycles. The Labute approximate surface area is 75.8 Å². The van der Waals surface area contributed by atoms with Crippen molar-refractivity contribution in [3.05, 3.63) is 34.3 Å². The summed E-state index contributed by atoms with van der Waals surface area (Å²) in [6.45, 7) is 1.88. The Morgan fingerprint density at radius 2 is 2.25 bits per heavy atom. The Morgan fingerprint density at radius 1 is 1.58 bits per heavy atom. The first-order valence-electron chi connectivity index (χ1n) is 3.67. The summed E-state index contributed by atoms with van der Waals surface area (Å²) in [6, 6.07) is 4.91. The standard InChI is InChI=1S/C9H9ClO2/c1-2-6-7(9(11)12)4-3-5-8(6)10/h3-5H,2H2,1H3,(H,11,12). The maximum absolute atomic E-state index is 10.7. The van der Waals surface area contributed by atoms with Crippen LogP contribution in [-0.2, 0) is 6.42 Å². The van der Waals surface area contributed by atoms with Crippen molar-refractivity contribution in [3.8, 4) is 0 Å². The molecule has 0 atom stereocenters. The average Bonchev–Trinajstić information content (AvgIpc) is 2.03. The summed E-state index contributed by atoms with van der Waals surface area (Å²) in [4.78, 5) is 10.7. The van der Waals surface area contributed by atoms with E-state index in [4.69, 9.17) is 16.7 Å². The molecule has 1 aromatic carbocycles. The van der Waals surface area contributed by atoms with Gasteiger partial charge >= 0.3 is 5.97 Å². The second-order valence-corrected chi connectivity index (χ2v) is 2.83. The van der Waals surface area contributed by atoms with E-state index in [0.29, 0.717) is 22.6 Å². The van der Waals surface area contributed by atoms with Crippen LogP contribution in [0, 0.1) is 0 Å². The van der Waals surface area contributed by atoms with Gasteiger partial charge in [0.25, 0.3) is 0 Å². The number of hydrogen-bond acceptors (Lipinski definition) is 1. The summed E-state index contributed by atoms with van der Waals surface area (Å²) in [5.74, 6) is -0.922. The summed E-state index contributed by atoms with van der Waals surface area (Å²) in [6.07, 6.45) is 0.640. The molecule has 0 spiro atoms. The summed E-state index contributed by atoms with van der Waals surface area (Å²) in [5.41, 5.74) is 0.997. The highest BCUT2D eigenvalue weighted by molar-refractivity contribution is 6.31. The van der Waals surface area contributed by atoms with Crippen molar-refractivity contribution in [2.24, 2.45) is 0 Å². The molecule has 12 heavy (non-hydrogen) atoms. The van der Waals surface area contributed by atoms with E-state index in [2.05, 4.69) is 0 Å². The maximum atomic E-state index is 10.7. The average molecular weight is 185 g/mol. The zero-order valence-corrected chi connectivity index (χ0v) is 7.43. The van der Waals surface area contributed by atoms with Crippen LogP contribution in [0.3, 0.4) is 0 Å². The van der Waals surface area contributed by atoms with Gasteiger partial charge in [-0.1, -0.05) is 24.6 Å². The van der Waals surface area contributed by atoms with Gasteiger partial charge in [0.15, 0.2) is 0 Å². The van der Waals surface area contributed by atoms with Gasteiger partial charge in [-0.2, -0.15) is 0 Å². The van der Waals surface area contributed by atoms with Crippen LogP contribution < -0.4 is 0 Å². The molecular formula is C9H9ClO2. The van der Waals surface area contributed by atoms with Gasteiger partial charge < -0.3 is 5.11 Å². The third-order valence-electron chi connectivity index (χ3n) is 1.70. The van der Waals surface area contributed by atoms with Crippen LogP contribution in [0.25, 0.3) is 0 Å². The molecular weight excluding hydrogens is 176 g/mol. The van der Waals surface area contributed by atoms with E-state index in [1.54, 1.807) is 18.2 Å². The van der Waals surface area contributed by atoms with Gasteiger partial charge in [-0.05, 0) is 24.1 Å². The Bertz CT molecular complexity index is 307. The summed E-state index contributed by atoms with van der Waals surface area (Å²) in [5, 5.41) is 9.29. The predicted octanol–water partition coefficient (Wildman–Crippen LogP) is 2.60. The first kappa shape index (κ1) is 9.07. The second-order valence-electron chi connectivity index (χ2n) is 2.42. The van der Waals surface area contributed by atoms with Crippen LogP contribution in [0.4, 0.5) is 0 Å². The molecule has 0 radical (unpaired) electrons. The zero-order valence-electron chi connectivity index (χ0n) is 6.67. The zero-order chi connectivity index (χ0) is 9.14. The van der Waals surface area contributed by atoms with E-state index in [1.165, 1.54) is 0 Å². The van der Waals surface area contributed by atoms with Crippen LogP contribution in [0.5, 0.6) is 0 Å². The van der Waals surface area contributed by atoms with Crippen LogP contribution in [0.1, 0.15) is 22.8 Å². The fraction of sp³-hybridized carbons (Fsp3) is 0.222. The molecule has 0 heterocycles. The Morgan fingerprint density at radius 3 is 2.67 bits per heavy atom. The molecule has 3 heteroatoms. The van der Waals surface area contributed by atoms with Crippen LogP contribution in [-0.4, -0.2) is 11.1 Å². The van der Waals surface area contributed by atoms with Crippen molar-refractivity contribution in [1.82, 2.24) is 0 Å². The lowest BCUT2D eigenvalue weighted by Gasteiger charge is -2.04. The van der Waals surface area contributed by atoms with E-state index < -0.39 is 5.97 Å². The Hall–Kier alpha value is -1.02. The topological polar surface area (TPSA) is 37.3 Å². The molecule has 0 aliphatic rings. The summed E-state index contributed by atoms with van der Waals surface area (Å²) in [7, 11) is 0. The molecule has 0 fully saturated rings. The van der Waals surface area contributed by atoms with Crippen molar-refractivity contribution in [2.75, 3.05) is 0 Å². The minimum atomic E-state index is -0.922. The molecule has 0 amide bonds. The van der Waals surface area contributed by atoms with E-state index >= 15 is 0 Å². The van der Waals surface area contributed by atoms with Crippen LogP contribution >= 0.6 is 11.6 Å². The lowest BCUT2D eigenvalue weighted by Crippen LogP contribution is -2.01. The lowest BCUT2D eigenvalue weighted by molar-refractivity contribution is 0.0696. The first-order valence-corrected chi connectivity index (χ1v) is 4.05. The molecule has 0 aliphatic carbocycles.